The molecular weight excluding hydrogens is 390 g/mol. The van der Waals surface area contributed by atoms with Crippen LogP contribution in [-0.4, -0.2) is 37.5 Å². The molecule has 1 aromatic carbocycles. The number of halogens is 1. The van der Waals surface area contributed by atoms with Crippen LogP contribution in [0.25, 0.3) is 0 Å². The molecule has 158 valence electrons. The molecule has 6 heteroatoms. The smallest absolute Gasteiger partial charge is 0.410 e. The second-order valence-corrected chi connectivity index (χ2v) is 15.5. The number of hydrogen-bond donors (Lipinski definition) is 0. The van der Waals surface area contributed by atoms with E-state index in [4.69, 9.17) is 20.8 Å². The van der Waals surface area contributed by atoms with Crippen molar-refractivity contribution in [3.05, 3.63) is 34.9 Å². The van der Waals surface area contributed by atoms with Crippen molar-refractivity contribution in [2.24, 2.45) is 0 Å². The topological polar surface area (TPSA) is 38.8 Å². The van der Waals surface area contributed by atoms with E-state index in [0.29, 0.717) is 11.6 Å². The Bertz CT molecular complexity index is 673. The van der Waals surface area contributed by atoms with Crippen LogP contribution in [0.2, 0.25) is 23.2 Å². The number of nitrogens with zero attached hydrogens (tertiary/aromatic N) is 1. The van der Waals surface area contributed by atoms with Crippen molar-refractivity contribution in [1.82, 2.24) is 4.90 Å². The highest BCUT2D eigenvalue weighted by Gasteiger charge is 2.42. The third-order valence-electron chi connectivity index (χ3n) is 5.46. The Morgan fingerprint density at radius 2 is 1.68 bits per heavy atom. The third-order valence-corrected chi connectivity index (χ3v) is 10.2. The van der Waals surface area contributed by atoms with E-state index in [0.717, 1.165) is 18.4 Å². The predicted molar refractivity (Wildman–Crippen MR) is 118 cm³/mol. The molecule has 0 N–H and O–H groups in total. The molecule has 28 heavy (non-hydrogen) atoms. The van der Waals surface area contributed by atoms with E-state index in [1.807, 2.05) is 49.9 Å². The fourth-order valence-electron chi connectivity index (χ4n) is 2.68. The molecular formula is C22H36ClNO3Si. The van der Waals surface area contributed by atoms with Crippen LogP contribution in [0.15, 0.2) is 24.3 Å². The molecule has 1 aliphatic rings. The first-order valence-electron chi connectivity index (χ1n) is 10.1. The average Bonchev–Trinajstić information content (AvgIpc) is 3.33. The number of hydrogen-bond acceptors (Lipinski definition) is 3. The summed E-state index contributed by atoms with van der Waals surface area (Å²) in [7, 11) is -2.04. The number of carbonyl (C=O) groups excluding carboxylic acids is 1. The minimum Gasteiger partial charge on any atom is -0.444 e. The van der Waals surface area contributed by atoms with E-state index in [-0.39, 0.29) is 23.3 Å². The predicted octanol–water partition coefficient (Wildman–Crippen LogP) is 6.80. The van der Waals surface area contributed by atoms with Gasteiger partial charge < -0.3 is 14.1 Å². The van der Waals surface area contributed by atoms with Crippen molar-refractivity contribution in [3.63, 3.8) is 0 Å². The van der Waals surface area contributed by atoms with E-state index in [2.05, 4.69) is 33.9 Å². The van der Waals surface area contributed by atoms with Crippen LogP contribution in [0.3, 0.4) is 0 Å². The Labute approximate surface area is 176 Å². The first-order valence-corrected chi connectivity index (χ1v) is 13.4. The molecule has 0 heterocycles. The number of carbonyl (C=O) groups is 1. The van der Waals surface area contributed by atoms with Gasteiger partial charge in [0.25, 0.3) is 0 Å². The maximum absolute atomic E-state index is 12.9. The summed E-state index contributed by atoms with van der Waals surface area (Å²) in [6.45, 7) is 17.4. The van der Waals surface area contributed by atoms with E-state index >= 15 is 0 Å². The molecule has 0 bridgehead atoms. The van der Waals surface area contributed by atoms with Crippen LogP contribution in [-0.2, 0) is 9.16 Å². The lowest BCUT2D eigenvalue weighted by molar-refractivity contribution is 0.0136. The standard InChI is InChI=1S/C22H36ClNO3Si/c1-21(2,3)26-20(25)24(18-13-14-18)15-19(16-9-11-17(23)12-10-16)27-28(7,8)22(4,5)6/h9-12,18-19H,13-15H2,1-8H3. The second kappa shape index (κ2) is 8.37. The van der Waals surface area contributed by atoms with Crippen LogP contribution in [0.4, 0.5) is 4.79 Å². The number of amides is 1. The van der Waals surface area contributed by atoms with E-state index in [1.165, 1.54) is 0 Å². The maximum Gasteiger partial charge on any atom is 0.410 e. The van der Waals surface area contributed by atoms with Gasteiger partial charge in [-0.25, -0.2) is 4.79 Å². The van der Waals surface area contributed by atoms with Crippen molar-refractivity contribution in [2.75, 3.05) is 6.54 Å². The van der Waals surface area contributed by atoms with Gasteiger partial charge in [-0.15, -0.1) is 0 Å². The SMILES string of the molecule is CC(C)(C)OC(=O)N(CC(O[Si](C)(C)C(C)(C)C)c1ccc(Cl)cc1)C1CC1. The molecule has 0 aromatic heterocycles. The average molecular weight is 426 g/mol. The first kappa shape index (κ1) is 23.2. The minimum atomic E-state index is -2.04. The zero-order valence-corrected chi connectivity index (χ0v) is 20.4. The van der Waals surface area contributed by atoms with E-state index < -0.39 is 13.9 Å². The summed E-state index contributed by atoms with van der Waals surface area (Å²) in [5, 5.41) is 0.773. The molecule has 2 rings (SSSR count). The Balaban J connectivity index is 2.29. The highest BCUT2D eigenvalue weighted by atomic mass is 35.5. The van der Waals surface area contributed by atoms with Gasteiger partial charge in [-0.1, -0.05) is 44.5 Å². The van der Waals surface area contributed by atoms with Gasteiger partial charge >= 0.3 is 6.09 Å². The fourth-order valence-corrected chi connectivity index (χ4v) is 4.08. The van der Waals surface area contributed by atoms with Gasteiger partial charge in [0.1, 0.15) is 5.60 Å². The van der Waals surface area contributed by atoms with Gasteiger partial charge in [0.05, 0.1) is 12.6 Å². The molecule has 1 aromatic rings. The molecule has 1 aliphatic carbocycles. The Morgan fingerprint density at radius 1 is 1.14 bits per heavy atom. The van der Waals surface area contributed by atoms with Gasteiger partial charge in [0, 0.05) is 11.1 Å². The molecule has 1 saturated carbocycles. The molecule has 0 radical (unpaired) electrons. The van der Waals surface area contributed by atoms with Gasteiger partial charge in [-0.05, 0) is 69.4 Å². The van der Waals surface area contributed by atoms with Crippen molar-refractivity contribution in [3.8, 4) is 0 Å². The second-order valence-electron chi connectivity index (χ2n) is 10.3. The van der Waals surface area contributed by atoms with Crippen LogP contribution in [0.5, 0.6) is 0 Å². The van der Waals surface area contributed by atoms with Crippen molar-refractivity contribution in [1.29, 1.82) is 0 Å². The summed E-state index contributed by atoms with van der Waals surface area (Å²) in [6, 6.07) is 8.01. The molecule has 1 atom stereocenters. The Kier molecular flexibility index (Phi) is 6.94. The lowest BCUT2D eigenvalue weighted by atomic mass is 10.1. The van der Waals surface area contributed by atoms with Crippen LogP contribution >= 0.6 is 11.6 Å². The monoisotopic (exact) mass is 425 g/mol. The van der Waals surface area contributed by atoms with Gasteiger partial charge in [0.15, 0.2) is 8.32 Å². The van der Waals surface area contributed by atoms with Gasteiger partial charge in [-0.3, -0.25) is 0 Å². The van der Waals surface area contributed by atoms with Crippen LogP contribution in [0.1, 0.15) is 66.1 Å². The molecule has 0 spiro atoms. The zero-order chi connectivity index (χ0) is 21.3. The highest BCUT2D eigenvalue weighted by Crippen LogP contribution is 2.41. The lowest BCUT2D eigenvalue weighted by Gasteiger charge is -2.41. The summed E-state index contributed by atoms with van der Waals surface area (Å²) < 4.78 is 12.4. The summed E-state index contributed by atoms with van der Waals surface area (Å²) >= 11 is 6.09. The van der Waals surface area contributed by atoms with Crippen molar-refractivity contribution >= 4 is 26.0 Å². The molecule has 1 amide bonds. The van der Waals surface area contributed by atoms with Crippen molar-refractivity contribution in [2.45, 2.75) is 90.3 Å². The molecule has 1 fully saturated rings. The van der Waals surface area contributed by atoms with Crippen molar-refractivity contribution < 1.29 is 14.0 Å². The third kappa shape index (κ3) is 6.50. The van der Waals surface area contributed by atoms with E-state index in [9.17, 15) is 4.79 Å². The summed E-state index contributed by atoms with van der Waals surface area (Å²) in [5.74, 6) is 0. The Morgan fingerprint density at radius 3 is 2.11 bits per heavy atom. The fraction of sp³-hybridized carbons (Fsp3) is 0.682. The first-order chi connectivity index (χ1) is 12.7. The van der Waals surface area contributed by atoms with Gasteiger partial charge in [-0.2, -0.15) is 0 Å². The van der Waals surface area contributed by atoms with Gasteiger partial charge in [0.2, 0.25) is 0 Å². The molecule has 1 unspecified atom stereocenters. The lowest BCUT2D eigenvalue weighted by Crippen LogP contribution is -2.46. The van der Waals surface area contributed by atoms with E-state index in [1.54, 1.807) is 0 Å². The maximum atomic E-state index is 12.9. The highest BCUT2D eigenvalue weighted by molar-refractivity contribution is 6.74. The normalized spacial score (nSPS) is 16.6. The molecule has 4 nitrogen and oxygen atoms in total. The largest absolute Gasteiger partial charge is 0.444 e. The van der Waals surface area contributed by atoms with Crippen LogP contribution in [0, 0.1) is 0 Å². The summed E-state index contributed by atoms with van der Waals surface area (Å²) in [5.41, 5.74) is 0.531. The summed E-state index contributed by atoms with van der Waals surface area (Å²) in [4.78, 5) is 14.7. The molecule has 0 aliphatic heterocycles. The summed E-state index contributed by atoms with van der Waals surface area (Å²) in [6.07, 6.45) is 1.58. The number of benzene rings is 1. The molecule has 0 saturated heterocycles. The van der Waals surface area contributed by atoms with Crippen LogP contribution < -0.4 is 0 Å². The minimum absolute atomic E-state index is 0.0774. The quantitative estimate of drug-likeness (QED) is 0.470. The number of rotatable bonds is 6. The Hall–Kier alpha value is -1.04. The number of ether oxygens (including phenoxy) is 1. The zero-order valence-electron chi connectivity index (χ0n) is 18.6.